The summed E-state index contributed by atoms with van der Waals surface area (Å²) in [7, 11) is 1.67. The number of carbonyl (C=O) groups excluding carboxylic acids is 1. The Morgan fingerprint density at radius 2 is 1.79 bits per heavy atom. The number of rotatable bonds is 4. The van der Waals surface area contributed by atoms with Crippen LogP contribution in [0.15, 0.2) is 48.9 Å². The maximum absolute atomic E-state index is 13.8. The van der Waals surface area contributed by atoms with Crippen LogP contribution in [0.4, 0.5) is 21.7 Å². The molecule has 7 heteroatoms. The van der Waals surface area contributed by atoms with Gasteiger partial charge in [0, 0.05) is 32.2 Å². The van der Waals surface area contributed by atoms with Gasteiger partial charge in [0.2, 0.25) is 5.95 Å². The minimum absolute atomic E-state index is 0.182. The zero-order valence-corrected chi connectivity index (χ0v) is 15.8. The molecule has 6 nitrogen and oxygen atoms in total. The van der Waals surface area contributed by atoms with Crippen LogP contribution in [0.5, 0.6) is 0 Å². The molecular formula is C21H20FN5O. The Morgan fingerprint density at radius 3 is 2.54 bits per heavy atom. The lowest BCUT2D eigenvalue weighted by molar-refractivity contribution is 0.0994. The smallest absolute Gasteiger partial charge is 0.261 e. The molecule has 4 rings (SSSR count). The van der Waals surface area contributed by atoms with Crippen molar-refractivity contribution in [3.63, 3.8) is 0 Å². The molecule has 3 aromatic heterocycles. The van der Waals surface area contributed by atoms with Crippen LogP contribution in [0.1, 0.15) is 28.4 Å². The average Bonchev–Trinajstić information content (AvgIpc) is 2.80. The minimum atomic E-state index is -0.588. The second-order valence-electron chi connectivity index (χ2n) is 6.66. The van der Waals surface area contributed by atoms with E-state index in [2.05, 4.69) is 15.0 Å². The highest BCUT2D eigenvalue weighted by Crippen LogP contribution is 2.37. The van der Waals surface area contributed by atoms with E-state index >= 15 is 0 Å². The van der Waals surface area contributed by atoms with Crippen LogP contribution in [0.2, 0.25) is 0 Å². The summed E-state index contributed by atoms with van der Waals surface area (Å²) in [4.78, 5) is 29.0. The molecule has 0 saturated heterocycles. The first kappa shape index (κ1) is 18.0. The van der Waals surface area contributed by atoms with Crippen molar-refractivity contribution in [1.29, 1.82) is 0 Å². The fourth-order valence-corrected chi connectivity index (χ4v) is 3.42. The predicted molar refractivity (Wildman–Crippen MR) is 105 cm³/mol. The van der Waals surface area contributed by atoms with Gasteiger partial charge < -0.3 is 9.80 Å². The number of nitrogens with zero attached hydrogens (tertiary/aromatic N) is 5. The molecule has 1 aliphatic heterocycles. The minimum Gasteiger partial charge on any atom is -0.309 e. The number of amides is 1. The summed E-state index contributed by atoms with van der Waals surface area (Å²) < 4.78 is 13.8. The number of aryl methyl sites for hydroxylation is 2. The number of pyridine rings is 3. The Morgan fingerprint density at radius 1 is 1.04 bits per heavy atom. The quantitative estimate of drug-likeness (QED) is 0.651. The molecule has 0 fully saturated rings. The second kappa shape index (κ2) is 7.34. The highest BCUT2D eigenvalue weighted by molar-refractivity contribution is 6.12. The molecule has 3 aromatic rings. The van der Waals surface area contributed by atoms with Crippen LogP contribution in [0.25, 0.3) is 0 Å². The first-order valence-electron chi connectivity index (χ1n) is 9.18. The van der Waals surface area contributed by atoms with Crippen LogP contribution in [-0.4, -0.2) is 34.5 Å². The third kappa shape index (κ3) is 3.19. The topological polar surface area (TPSA) is 62.2 Å². The fourth-order valence-electron chi connectivity index (χ4n) is 3.42. The van der Waals surface area contributed by atoms with Crippen molar-refractivity contribution in [3.05, 3.63) is 71.6 Å². The van der Waals surface area contributed by atoms with Crippen LogP contribution >= 0.6 is 0 Å². The number of anilines is 3. The molecule has 0 atom stereocenters. The summed E-state index contributed by atoms with van der Waals surface area (Å²) in [5.41, 5.74) is 3.20. The SMILES string of the molecule is CCN1c2ncc(CCc3ccncc3)cc2C(=O)N(C)c2ccc(F)nc21. The normalized spacial score (nSPS) is 13.2. The van der Waals surface area contributed by atoms with E-state index < -0.39 is 5.95 Å². The van der Waals surface area contributed by atoms with Crippen molar-refractivity contribution in [2.45, 2.75) is 19.8 Å². The number of hydrogen-bond acceptors (Lipinski definition) is 5. The molecule has 4 heterocycles. The van der Waals surface area contributed by atoms with Gasteiger partial charge in [-0.25, -0.2) is 4.98 Å². The first-order chi connectivity index (χ1) is 13.6. The molecule has 1 amide bonds. The van der Waals surface area contributed by atoms with Gasteiger partial charge in [-0.3, -0.25) is 9.78 Å². The zero-order chi connectivity index (χ0) is 19.7. The maximum atomic E-state index is 13.8. The highest BCUT2D eigenvalue weighted by Gasteiger charge is 2.31. The van der Waals surface area contributed by atoms with Crippen molar-refractivity contribution in [2.24, 2.45) is 0 Å². The number of halogens is 1. The Bertz CT molecular complexity index is 1020. The van der Waals surface area contributed by atoms with E-state index in [1.807, 2.05) is 25.1 Å². The summed E-state index contributed by atoms with van der Waals surface area (Å²) in [6, 6.07) is 8.68. The highest BCUT2D eigenvalue weighted by atomic mass is 19.1. The molecule has 0 spiro atoms. The van der Waals surface area contributed by atoms with E-state index in [9.17, 15) is 9.18 Å². The second-order valence-corrected chi connectivity index (χ2v) is 6.66. The Hall–Kier alpha value is -3.35. The fraction of sp³-hybridized carbons (Fsp3) is 0.238. The molecule has 1 aliphatic rings. The number of carbonyl (C=O) groups is 1. The van der Waals surface area contributed by atoms with Crippen molar-refractivity contribution in [3.8, 4) is 0 Å². The van der Waals surface area contributed by atoms with Crippen LogP contribution < -0.4 is 9.80 Å². The van der Waals surface area contributed by atoms with Gasteiger partial charge in [0.15, 0.2) is 5.82 Å². The molecule has 28 heavy (non-hydrogen) atoms. The maximum Gasteiger partial charge on any atom is 0.261 e. The third-order valence-corrected chi connectivity index (χ3v) is 4.92. The Balaban J connectivity index is 1.73. The Kier molecular flexibility index (Phi) is 4.73. The van der Waals surface area contributed by atoms with E-state index in [1.54, 1.807) is 36.6 Å². The largest absolute Gasteiger partial charge is 0.309 e. The summed E-state index contributed by atoms with van der Waals surface area (Å²) in [5, 5.41) is 0. The zero-order valence-electron chi connectivity index (χ0n) is 15.8. The van der Waals surface area contributed by atoms with E-state index in [0.29, 0.717) is 29.4 Å². The molecular weight excluding hydrogens is 357 g/mol. The van der Waals surface area contributed by atoms with E-state index in [4.69, 9.17) is 0 Å². The van der Waals surface area contributed by atoms with Crippen molar-refractivity contribution in [2.75, 3.05) is 23.4 Å². The van der Waals surface area contributed by atoms with Gasteiger partial charge >= 0.3 is 0 Å². The number of fused-ring (bicyclic) bond motifs is 2. The summed E-state index contributed by atoms with van der Waals surface area (Å²) in [6.45, 7) is 2.44. The summed E-state index contributed by atoms with van der Waals surface area (Å²) in [6.07, 6.45) is 6.90. The molecule has 0 unspecified atom stereocenters. The molecule has 0 saturated carbocycles. The van der Waals surface area contributed by atoms with Crippen molar-refractivity contribution in [1.82, 2.24) is 15.0 Å². The number of hydrogen-bond donors (Lipinski definition) is 0. The molecule has 0 aromatic carbocycles. The van der Waals surface area contributed by atoms with Gasteiger partial charge in [-0.15, -0.1) is 0 Å². The van der Waals surface area contributed by atoms with Crippen LogP contribution in [0, 0.1) is 5.95 Å². The van der Waals surface area contributed by atoms with Crippen LogP contribution in [-0.2, 0) is 12.8 Å². The van der Waals surface area contributed by atoms with Gasteiger partial charge in [-0.05, 0) is 61.2 Å². The van der Waals surface area contributed by atoms with Gasteiger partial charge in [-0.1, -0.05) is 0 Å². The molecule has 0 N–H and O–H groups in total. The average molecular weight is 377 g/mol. The van der Waals surface area contributed by atoms with Gasteiger partial charge in [-0.2, -0.15) is 9.37 Å². The predicted octanol–water partition coefficient (Wildman–Crippen LogP) is 3.54. The van der Waals surface area contributed by atoms with Crippen molar-refractivity contribution < 1.29 is 9.18 Å². The molecule has 142 valence electrons. The monoisotopic (exact) mass is 377 g/mol. The molecule has 0 radical (unpaired) electrons. The molecule has 0 bridgehead atoms. The molecule has 0 aliphatic carbocycles. The van der Waals surface area contributed by atoms with Crippen molar-refractivity contribution >= 4 is 23.2 Å². The van der Waals surface area contributed by atoms with E-state index in [1.165, 1.54) is 16.5 Å². The Labute approximate surface area is 162 Å². The van der Waals surface area contributed by atoms with Crippen LogP contribution in [0.3, 0.4) is 0 Å². The van der Waals surface area contributed by atoms with E-state index in [-0.39, 0.29) is 5.91 Å². The standard InChI is InChI=1S/C21H20FN5O/c1-3-27-19-16(21(28)26(2)17-6-7-18(22)25-20(17)27)12-15(13-24-19)5-4-14-8-10-23-11-9-14/h6-13H,3-5H2,1-2H3. The van der Waals surface area contributed by atoms with Gasteiger partial charge in [0.05, 0.1) is 11.3 Å². The summed E-state index contributed by atoms with van der Waals surface area (Å²) >= 11 is 0. The third-order valence-electron chi connectivity index (χ3n) is 4.92. The lowest BCUT2D eigenvalue weighted by Gasteiger charge is -2.22. The van der Waals surface area contributed by atoms with Gasteiger partial charge in [0.1, 0.15) is 5.82 Å². The lowest BCUT2D eigenvalue weighted by atomic mass is 10.0. The van der Waals surface area contributed by atoms with Gasteiger partial charge in [0.25, 0.3) is 5.91 Å². The first-order valence-corrected chi connectivity index (χ1v) is 9.18. The lowest BCUT2D eigenvalue weighted by Crippen LogP contribution is -2.25. The van der Waals surface area contributed by atoms with E-state index in [0.717, 1.165) is 18.4 Å². The number of aromatic nitrogens is 3. The summed E-state index contributed by atoms with van der Waals surface area (Å²) in [5.74, 6) is 0.132.